The minimum absolute atomic E-state index is 0.107. The molecule has 3 rings (SSSR count). The van der Waals surface area contributed by atoms with Gasteiger partial charge in [0.15, 0.2) is 17.3 Å². The van der Waals surface area contributed by atoms with Crippen molar-refractivity contribution in [3.8, 4) is 0 Å². The number of anilines is 1. The molecule has 0 spiro atoms. The molecule has 1 aliphatic carbocycles. The minimum Gasteiger partial charge on any atom is -0.382 e. The van der Waals surface area contributed by atoms with Gasteiger partial charge in [-0.2, -0.15) is 5.21 Å². The Balaban J connectivity index is 1.81. The third-order valence-electron chi connectivity index (χ3n) is 3.99. The third kappa shape index (κ3) is 3.02. The van der Waals surface area contributed by atoms with E-state index in [4.69, 9.17) is 5.73 Å². The summed E-state index contributed by atoms with van der Waals surface area (Å²) in [5, 5.41) is 17.0. The van der Waals surface area contributed by atoms with E-state index in [1.807, 2.05) is 0 Å². The number of aromatic nitrogens is 6. The molecule has 9 nitrogen and oxygen atoms in total. The predicted octanol–water partition coefficient (Wildman–Crippen LogP) is 0.623. The number of hydrogen-bond acceptors (Lipinski definition) is 7. The van der Waals surface area contributed by atoms with Gasteiger partial charge in [0.25, 0.3) is 5.91 Å². The lowest BCUT2D eigenvalue weighted by Gasteiger charge is -2.28. The van der Waals surface area contributed by atoms with Gasteiger partial charge in [-0.25, -0.2) is 9.97 Å². The molecular formula is C13H18N8O. The summed E-state index contributed by atoms with van der Waals surface area (Å²) >= 11 is 0. The summed E-state index contributed by atoms with van der Waals surface area (Å²) in [6, 6.07) is -0.298. The number of tetrazole rings is 1. The Bertz CT molecular complexity index is 623. The van der Waals surface area contributed by atoms with Crippen LogP contribution in [0.3, 0.4) is 0 Å². The van der Waals surface area contributed by atoms with Crippen LogP contribution in [0.5, 0.6) is 0 Å². The Labute approximate surface area is 127 Å². The van der Waals surface area contributed by atoms with E-state index in [2.05, 4.69) is 35.9 Å². The first-order valence-electron chi connectivity index (χ1n) is 7.36. The van der Waals surface area contributed by atoms with E-state index >= 15 is 0 Å². The van der Waals surface area contributed by atoms with Crippen LogP contribution in [0, 0.1) is 5.92 Å². The van der Waals surface area contributed by atoms with E-state index in [1.54, 1.807) is 0 Å². The van der Waals surface area contributed by atoms with Crippen molar-refractivity contribution in [2.75, 3.05) is 5.73 Å². The molecule has 2 heterocycles. The summed E-state index contributed by atoms with van der Waals surface area (Å²) in [6.07, 6.45) is 8.44. The molecule has 1 saturated carbocycles. The molecule has 22 heavy (non-hydrogen) atoms. The zero-order valence-electron chi connectivity index (χ0n) is 12.1. The van der Waals surface area contributed by atoms with Crippen LogP contribution in [0.4, 0.5) is 5.82 Å². The lowest BCUT2D eigenvalue weighted by atomic mass is 9.83. The van der Waals surface area contributed by atoms with Gasteiger partial charge in [-0.1, -0.05) is 24.5 Å². The lowest BCUT2D eigenvalue weighted by molar-refractivity contribution is 0.0904. The number of nitrogens with zero attached hydrogens (tertiary/aromatic N) is 5. The molecule has 9 heteroatoms. The van der Waals surface area contributed by atoms with Gasteiger partial charge in [0, 0.05) is 12.4 Å². The van der Waals surface area contributed by atoms with Gasteiger partial charge in [0.1, 0.15) is 0 Å². The van der Waals surface area contributed by atoms with E-state index in [0.29, 0.717) is 5.82 Å². The number of nitrogen functional groups attached to an aromatic ring is 1. The Morgan fingerprint density at radius 2 is 2.05 bits per heavy atom. The van der Waals surface area contributed by atoms with Crippen LogP contribution in [-0.2, 0) is 0 Å². The van der Waals surface area contributed by atoms with Crippen molar-refractivity contribution in [1.82, 2.24) is 35.9 Å². The maximum absolute atomic E-state index is 12.4. The fourth-order valence-corrected chi connectivity index (χ4v) is 2.90. The van der Waals surface area contributed by atoms with Gasteiger partial charge in [-0.05, 0) is 18.8 Å². The minimum atomic E-state index is -0.369. The lowest BCUT2D eigenvalue weighted by Crippen LogP contribution is -2.36. The SMILES string of the molecule is Nc1nccnc1C(=O)NC(c1nn[nH]n1)C1CCCCC1. The number of aromatic amines is 1. The number of carbonyl (C=O) groups is 1. The second-order valence-electron chi connectivity index (χ2n) is 5.41. The fraction of sp³-hybridized carbons (Fsp3) is 0.538. The second kappa shape index (κ2) is 6.46. The molecule has 0 aromatic carbocycles. The second-order valence-corrected chi connectivity index (χ2v) is 5.41. The van der Waals surface area contributed by atoms with Crippen LogP contribution in [0.15, 0.2) is 12.4 Å². The van der Waals surface area contributed by atoms with E-state index in [1.165, 1.54) is 18.8 Å². The van der Waals surface area contributed by atoms with Crippen molar-refractivity contribution in [2.24, 2.45) is 5.92 Å². The monoisotopic (exact) mass is 302 g/mol. The van der Waals surface area contributed by atoms with Gasteiger partial charge in [0.2, 0.25) is 0 Å². The molecule has 2 aromatic rings. The van der Waals surface area contributed by atoms with Crippen LogP contribution in [-0.4, -0.2) is 36.5 Å². The van der Waals surface area contributed by atoms with Gasteiger partial charge >= 0.3 is 0 Å². The standard InChI is InChI=1S/C13H18N8O/c14-11-10(15-6-7-16-11)13(22)17-9(12-18-20-21-19-12)8-4-2-1-3-5-8/h6-9H,1-5H2,(H2,14,16)(H,17,22)(H,18,19,20,21). The molecule has 1 aliphatic rings. The predicted molar refractivity (Wildman–Crippen MR) is 77.4 cm³/mol. The maximum atomic E-state index is 12.4. The molecule has 1 unspecified atom stereocenters. The van der Waals surface area contributed by atoms with Crippen molar-refractivity contribution < 1.29 is 4.79 Å². The first-order chi connectivity index (χ1) is 10.8. The normalized spacial score (nSPS) is 17.1. The molecule has 1 atom stereocenters. The maximum Gasteiger partial charge on any atom is 0.274 e. The summed E-state index contributed by atoms with van der Waals surface area (Å²) in [4.78, 5) is 20.3. The number of hydrogen-bond donors (Lipinski definition) is 3. The number of nitrogens with two attached hydrogens (primary N) is 1. The van der Waals surface area contributed by atoms with Crippen LogP contribution < -0.4 is 11.1 Å². The highest BCUT2D eigenvalue weighted by molar-refractivity contribution is 5.96. The molecule has 2 aromatic heterocycles. The van der Waals surface area contributed by atoms with Crippen LogP contribution in [0.25, 0.3) is 0 Å². The van der Waals surface area contributed by atoms with Crippen molar-refractivity contribution >= 4 is 11.7 Å². The first kappa shape index (κ1) is 14.4. The van der Waals surface area contributed by atoms with E-state index in [9.17, 15) is 4.79 Å². The number of amides is 1. The zero-order chi connectivity index (χ0) is 15.4. The molecule has 4 N–H and O–H groups in total. The first-order valence-corrected chi connectivity index (χ1v) is 7.36. The average Bonchev–Trinajstić information content (AvgIpc) is 3.08. The molecule has 1 amide bonds. The van der Waals surface area contributed by atoms with E-state index in [0.717, 1.165) is 25.7 Å². The summed E-state index contributed by atoms with van der Waals surface area (Å²) in [7, 11) is 0. The molecule has 0 aliphatic heterocycles. The highest BCUT2D eigenvalue weighted by Crippen LogP contribution is 2.33. The Morgan fingerprint density at radius 3 is 2.73 bits per heavy atom. The highest BCUT2D eigenvalue weighted by Gasteiger charge is 2.30. The van der Waals surface area contributed by atoms with Crippen molar-refractivity contribution in [3.63, 3.8) is 0 Å². The van der Waals surface area contributed by atoms with Crippen LogP contribution >= 0.6 is 0 Å². The molecule has 1 fully saturated rings. The summed E-state index contributed by atoms with van der Waals surface area (Å²) in [6.45, 7) is 0. The highest BCUT2D eigenvalue weighted by atomic mass is 16.2. The Kier molecular flexibility index (Phi) is 4.22. The fourth-order valence-electron chi connectivity index (χ4n) is 2.90. The van der Waals surface area contributed by atoms with Crippen molar-refractivity contribution in [1.29, 1.82) is 0 Å². The van der Waals surface area contributed by atoms with E-state index in [-0.39, 0.29) is 29.4 Å². The van der Waals surface area contributed by atoms with Gasteiger partial charge in [-0.15, -0.1) is 10.2 Å². The van der Waals surface area contributed by atoms with E-state index < -0.39 is 0 Å². The Hall–Kier alpha value is -2.58. The third-order valence-corrected chi connectivity index (χ3v) is 3.99. The van der Waals surface area contributed by atoms with Crippen LogP contribution in [0.2, 0.25) is 0 Å². The van der Waals surface area contributed by atoms with Gasteiger partial charge in [-0.3, -0.25) is 4.79 Å². The van der Waals surface area contributed by atoms with Crippen LogP contribution in [0.1, 0.15) is 54.5 Å². The summed E-state index contributed by atoms with van der Waals surface area (Å²) in [5.74, 6) is 0.511. The number of carbonyl (C=O) groups excluding carboxylic acids is 1. The average molecular weight is 302 g/mol. The quantitative estimate of drug-likeness (QED) is 0.753. The summed E-state index contributed by atoms with van der Waals surface area (Å²) in [5.41, 5.74) is 5.83. The summed E-state index contributed by atoms with van der Waals surface area (Å²) < 4.78 is 0. The number of H-pyrrole nitrogens is 1. The van der Waals surface area contributed by atoms with Crippen molar-refractivity contribution in [3.05, 3.63) is 23.9 Å². The molecule has 116 valence electrons. The smallest absolute Gasteiger partial charge is 0.274 e. The van der Waals surface area contributed by atoms with Gasteiger partial charge in [0.05, 0.1) is 6.04 Å². The zero-order valence-corrected chi connectivity index (χ0v) is 12.1. The molecule has 0 saturated heterocycles. The largest absolute Gasteiger partial charge is 0.382 e. The molecular weight excluding hydrogens is 284 g/mol. The van der Waals surface area contributed by atoms with Crippen molar-refractivity contribution in [2.45, 2.75) is 38.1 Å². The number of nitrogens with one attached hydrogen (secondary N) is 2. The van der Waals surface area contributed by atoms with Gasteiger partial charge < -0.3 is 11.1 Å². The molecule has 0 radical (unpaired) electrons. The number of rotatable bonds is 4. The molecule has 0 bridgehead atoms. The topological polar surface area (TPSA) is 135 Å². The Morgan fingerprint density at radius 1 is 1.27 bits per heavy atom.